The lowest BCUT2D eigenvalue weighted by Crippen LogP contribution is -2.35. The first-order valence-electron chi connectivity index (χ1n) is 7.32. The van der Waals surface area contributed by atoms with Crippen molar-refractivity contribution in [3.8, 4) is 0 Å². The Morgan fingerprint density at radius 2 is 2.04 bits per heavy atom. The van der Waals surface area contributed by atoms with Gasteiger partial charge in [-0.2, -0.15) is 18.3 Å². The summed E-state index contributed by atoms with van der Waals surface area (Å²) in [4.78, 5) is 34.9. The summed E-state index contributed by atoms with van der Waals surface area (Å²) in [5.74, 6) is -2.14. The molecule has 2 N–H and O–H groups in total. The van der Waals surface area contributed by atoms with Crippen LogP contribution in [0.25, 0.3) is 0 Å². The lowest BCUT2D eigenvalue weighted by Gasteiger charge is -2.17. The highest BCUT2D eigenvalue weighted by molar-refractivity contribution is 6.37. The summed E-state index contributed by atoms with van der Waals surface area (Å²) in [6, 6.07) is 2.45. The minimum atomic E-state index is -4.61. The van der Waals surface area contributed by atoms with Crippen molar-refractivity contribution < 1.29 is 32.3 Å². The Morgan fingerprint density at radius 3 is 2.62 bits per heavy atom. The van der Waals surface area contributed by atoms with Crippen LogP contribution in [0.1, 0.15) is 25.3 Å². The lowest BCUT2D eigenvalue weighted by molar-refractivity contribution is -0.146. The van der Waals surface area contributed by atoms with Crippen molar-refractivity contribution in [1.29, 1.82) is 0 Å². The molecule has 11 heteroatoms. The van der Waals surface area contributed by atoms with Gasteiger partial charge in [0, 0.05) is 12.8 Å². The van der Waals surface area contributed by atoms with E-state index in [1.807, 2.05) is 0 Å². The molecule has 0 spiro atoms. The molecule has 1 atom stereocenters. The van der Waals surface area contributed by atoms with Gasteiger partial charge in [-0.1, -0.05) is 11.6 Å². The van der Waals surface area contributed by atoms with Gasteiger partial charge in [0.15, 0.2) is 6.10 Å². The van der Waals surface area contributed by atoms with E-state index in [0.29, 0.717) is 6.07 Å². The number of ether oxygens (including phenoxy) is 1. The van der Waals surface area contributed by atoms with Crippen LogP contribution < -0.4 is 10.7 Å². The average Bonchev–Trinajstić information content (AvgIpc) is 2.56. The van der Waals surface area contributed by atoms with Crippen LogP contribution in [-0.4, -0.2) is 29.6 Å². The highest BCUT2D eigenvalue weighted by Crippen LogP contribution is 2.33. The van der Waals surface area contributed by atoms with Crippen LogP contribution in [0.2, 0.25) is 5.02 Å². The number of carbonyl (C=O) groups excluding carboxylic acids is 3. The molecular formula is C15H13ClF3N3O4. The van der Waals surface area contributed by atoms with Gasteiger partial charge in [-0.15, -0.1) is 0 Å². The van der Waals surface area contributed by atoms with Crippen LogP contribution in [0.4, 0.5) is 18.9 Å². The zero-order valence-electron chi connectivity index (χ0n) is 13.3. The Hall–Kier alpha value is -2.62. The Labute approximate surface area is 150 Å². The summed E-state index contributed by atoms with van der Waals surface area (Å²) < 4.78 is 43.1. The Bertz CT molecular complexity index is 780. The van der Waals surface area contributed by atoms with Gasteiger partial charge in [-0.25, -0.2) is 10.2 Å². The monoisotopic (exact) mass is 391 g/mol. The Balaban J connectivity index is 2.03. The summed E-state index contributed by atoms with van der Waals surface area (Å²) >= 11 is 5.79. The molecule has 2 rings (SSSR count). The molecule has 140 valence electrons. The van der Waals surface area contributed by atoms with Crippen molar-refractivity contribution >= 4 is 40.8 Å². The van der Waals surface area contributed by atoms with E-state index < -0.39 is 29.7 Å². The molecule has 1 aromatic carbocycles. The third kappa shape index (κ3) is 4.94. The molecule has 0 aromatic heterocycles. The van der Waals surface area contributed by atoms with Crippen LogP contribution in [0.3, 0.4) is 0 Å². The topological polar surface area (TPSA) is 96.9 Å². The minimum absolute atomic E-state index is 0.0500. The van der Waals surface area contributed by atoms with Crippen molar-refractivity contribution in [3.05, 3.63) is 28.8 Å². The number of carbonyl (C=O) groups is 3. The number of anilines is 1. The second-order valence-corrected chi connectivity index (χ2v) is 5.73. The predicted molar refractivity (Wildman–Crippen MR) is 85.4 cm³/mol. The maximum atomic E-state index is 12.7. The van der Waals surface area contributed by atoms with Crippen LogP contribution in [-0.2, 0) is 25.3 Å². The van der Waals surface area contributed by atoms with Gasteiger partial charge in [0.05, 0.1) is 16.3 Å². The molecular weight excluding hydrogens is 379 g/mol. The van der Waals surface area contributed by atoms with Gasteiger partial charge in [-0.3, -0.25) is 9.59 Å². The smallest absolute Gasteiger partial charge is 0.416 e. The second-order valence-electron chi connectivity index (χ2n) is 5.32. The zero-order valence-corrected chi connectivity index (χ0v) is 14.1. The molecule has 0 saturated heterocycles. The fourth-order valence-electron chi connectivity index (χ4n) is 1.94. The molecule has 1 aromatic rings. The normalized spacial score (nSPS) is 15.6. The van der Waals surface area contributed by atoms with Gasteiger partial charge in [0.25, 0.3) is 5.91 Å². The van der Waals surface area contributed by atoms with Crippen LogP contribution >= 0.6 is 11.6 Å². The van der Waals surface area contributed by atoms with E-state index >= 15 is 0 Å². The van der Waals surface area contributed by atoms with E-state index in [-0.39, 0.29) is 35.2 Å². The van der Waals surface area contributed by atoms with Crippen molar-refractivity contribution in [2.24, 2.45) is 5.10 Å². The third-order valence-electron chi connectivity index (χ3n) is 3.34. The van der Waals surface area contributed by atoms with E-state index in [1.54, 1.807) is 0 Å². The summed E-state index contributed by atoms with van der Waals surface area (Å²) in [6.07, 6.45) is -5.83. The SMILES string of the molecule is C[C@H](OC(=O)C1=NNC(=O)CC1)C(=O)Nc1cc(C(F)(F)F)ccc1Cl. The van der Waals surface area contributed by atoms with Crippen LogP contribution in [0.15, 0.2) is 23.3 Å². The van der Waals surface area contributed by atoms with Crippen molar-refractivity contribution in [1.82, 2.24) is 5.43 Å². The minimum Gasteiger partial charge on any atom is -0.448 e. The maximum absolute atomic E-state index is 12.7. The number of nitrogens with one attached hydrogen (secondary N) is 2. The van der Waals surface area contributed by atoms with Crippen molar-refractivity contribution in [2.45, 2.75) is 32.0 Å². The molecule has 0 aliphatic carbocycles. The molecule has 0 unspecified atom stereocenters. The van der Waals surface area contributed by atoms with Gasteiger partial charge in [-0.05, 0) is 25.1 Å². The average molecular weight is 392 g/mol. The van der Waals surface area contributed by atoms with Crippen molar-refractivity contribution in [3.63, 3.8) is 0 Å². The van der Waals surface area contributed by atoms with Gasteiger partial charge in [0.2, 0.25) is 5.91 Å². The van der Waals surface area contributed by atoms with E-state index in [2.05, 4.69) is 15.8 Å². The first kappa shape index (κ1) is 19.7. The Morgan fingerprint density at radius 1 is 1.35 bits per heavy atom. The zero-order chi connectivity index (χ0) is 19.5. The molecule has 0 fully saturated rings. The summed E-state index contributed by atoms with van der Waals surface area (Å²) in [5, 5.41) is 5.60. The number of hydrogen-bond donors (Lipinski definition) is 2. The fraction of sp³-hybridized carbons (Fsp3) is 0.333. The number of nitrogens with zero attached hydrogens (tertiary/aromatic N) is 1. The standard InChI is InChI=1S/C15H13ClF3N3O4/c1-7(26-14(25)10-4-5-12(23)22-21-10)13(24)20-11-6-8(15(17,18)19)2-3-9(11)16/h2-3,6-7H,4-5H2,1H3,(H,20,24)(H,22,23)/t7-/m0/s1. The number of halogens is 4. The molecule has 0 radical (unpaired) electrons. The third-order valence-corrected chi connectivity index (χ3v) is 3.67. The van der Waals surface area contributed by atoms with E-state index in [0.717, 1.165) is 12.1 Å². The van der Waals surface area contributed by atoms with Gasteiger partial charge >= 0.3 is 12.1 Å². The molecule has 26 heavy (non-hydrogen) atoms. The molecule has 0 bridgehead atoms. The maximum Gasteiger partial charge on any atom is 0.416 e. The van der Waals surface area contributed by atoms with Gasteiger partial charge < -0.3 is 10.1 Å². The molecule has 1 aliphatic heterocycles. The highest BCUT2D eigenvalue weighted by Gasteiger charge is 2.31. The number of esters is 1. The summed E-state index contributed by atoms with van der Waals surface area (Å²) in [5.41, 5.74) is 0.780. The number of hydrogen-bond acceptors (Lipinski definition) is 5. The fourth-order valence-corrected chi connectivity index (χ4v) is 2.10. The van der Waals surface area contributed by atoms with E-state index in [9.17, 15) is 27.6 Å². The number of rotatable bonds is 4. The first-order valence-corrected chi connectivity index (χ1v) is 7.69. The van der Waals surface area contributed by atoms with Crippen LogP contribution in [0, 0.1) is 0 Å². The predicted octanol–water partition coefficient (Wildman–Crippen LogP) is 2.50. The molecule has 7 nitrogen and oxygen atoms in total. The Kier molecular flexibility index (Phi) is 5.86. The van der Waals surface area contributed by atoms with Crippen molar-refractivity contribution in [2.75, 3.05) is 5.32 Å². The first-order chi connectivity index (χ1) is 12.1. The number of benzene rings is 1. The highest BCUT2D eigenvalue weighted by atomic mass is 35.5. The molecule has 1 heterocycles. The summed E-state index contributed by atoms with van der Waals surface area (Å²) in [7, 11) is 0. The second kappa shape index (κ2) is 7.73. The van der Waals surface area contributed by atoms with Crippen LogP contribution in [0.5, 0.6) is 0 Å². The molecule has 0 saturated carbocycles. The van der Waals surface area contributed by atoms with E-state index in [4.69, 9.17) is 16.3 Å². The van der Waals surface area contributed by atoms with Gasteiger partial charge in [0.1, 0.15) is 5.71 Å². The number of hydrazone groups is 1. The largest absolute Gasteiger partial charge is 0.448 e. The molecule has 1 aliphatic rings. The number of alkyl halides is 3. The summed E-state index contributed by atoms with van der Waals surface area (Å²) in [6.45, 7) is 1.23. The van der Waals surface area contributed by atoms with E-state index in [1.165, 1.54) is 6.92 Å². The number of amides is 2. The lowest BCUT2D eigenvalue weighted by atomic mass is 10.2. The quantitative estimate of drug-likeness (QED) is 0.771. The molecule has 2 amide bonds.